The maximum Gasteiger partial charge on any atom is 0.343 e. The van der Waals surface area contributed by atoms with Crippen molar-refractivity contribution in [2.75, 3.05) is 0 Å². The summed E-state index contributed by atoms with van der Waals surface area (Å²) in [7, 11) is 0. The molecule has 0 saturated carbocycles. The Labute approximate surface area is 214 Å². The molecule has 1 amide bonds. The van der Waals surface area contributed by atoms with Gasteiger partial charge in [-0.05, 0) is 42.3 Å². The van der Waals surface area contributed by atoms with Gasteiger partial charge in [0.1, 0.15) is 5.75 Å². The lowest BCUT2D eigenvalue weighted by molar-refractivity contribution is -0.121. The zero-order valence-corrected chi connectivity index (χ0v) is 21.6. The number of hydrazone groups is 1. The third-order valence-electron chi connectivity index (χ3n) is 6.28. The number of carbonyl (C=O) groups excluding carboxylic acids is 2. The first kappa shape index (κ1) is 27.1. The molecule has 3 aromatic rings. The van der Waals surface area contributed by atoms with Crippen LogP contribution >= 0.6 is 0 Å². The molecule has 190 valence electrons. The number of hydrogen-bond acceptors (Lipinski definition) is 4. The van der Waals surface area contributed by atoms with Crippen molar-refractivity contribution < 1.29 is 14.3 Å². The monoisotopic (exact) mass is 486 g/mol. The number of fused-ring (bicyclic) bond motifs is 1. The van der Waals surface area contributed by atoms with E-state index in [9.17, 15) is 9.59 Å². The molecule has 0 aliphatic rings. The molecule has 5 nitrogen and oxygen atoms in total. The van der Waals surface area contributed by atoms with Crippen molar-refractivity contribution in [1.82, 2.24) is 5.43 Å². The number of nitrogens with zero attached hydrogens (tertiary/aromatic N) is 1. The Morgan fingerprint density at radius 3 is 2.33 bits per heavy atom. The number of unbranched alkanes of at least 4 members (excludes halogenated alkanes) is 8. The van der Waals surface area contributed by atoms with Gasteiger partial charge in [-0.3, -0.25) is 4.79 Å². The summed E-state index contributed by atoms with van der Waals surface area (Å²) < 4.78 is 5.74. The van der Waals surface area contributed by atoms with Gasteiger partial charge in [0.15, 0.2) is 0 Å². The number of nitrogens with one attached hydrogen (secondary N) is 1. The summed E-state index contributed by atoms with van der Waals surface area (Å²) in [6.07, 6.45) is 12.9. The average molecular weight is 487 g/mol. The number of esters is 1. The number of benzene rings is 3. The summed E-state index contributed by atoms with van der Waals surface area (Å²) in [5.41, 5.74) is 4.75. The van der Waals surface area contributed by atoms with E-state index in [1.54, 1.807) is 24.4 Å². The maximum absolute atomic E-state index is 12.8. The molecule has 3 rings (SSSR count). The Kier molecular flexibility index (Phi) is 11.2. The van der Waals surface area contributed by atoms with Gasteiger partial charge in [0, 0.05) is 12.0 Å². The van der Waals surface area contributed by atoms with Crippen molar-refractivity contribution in [3.8, 4) is 5.75 Å². The van der Waals surface area contributed by atoms with Crippen LogP contribution in [-0.2, 0) is 4.79 Å². The van der Waals surface area contributed by atoms with E-state index in [-0.39, 0.29) is 5.91 Å². The van der Waals surface area contributed by atoms with Gasteiger partial charge in [-0.2, -0.15) is 5.10 Å². The second-order valence-electron chi connectivity index (χ2n) is 9.33. The zero-order valence-electron chi connectivity index (χ0n) is 21.6. The average Bonchev–Trinajstić information content (AvgIpc) is 2.88. The summed E-state index contributed by atoms with van der Waals surface area (Å²) >= 11 is 0. The van der Waals surface area contributed by atoms with Crippen LogP contribution in [0.1, 0.15) is 92.6 Å². The molecular weight excluding hydrogens is 448 g/mol. The van der Waals surface area contributed by atoms with E-state index in [1.165, 1.54) is 44.9 Å². The molecule has 0 aliphatic heterocycles. The standard InChI is InChI=1S/C31H38N2O3/c1-3-4-5-6-7-8-9-10-11-19-30(34)33-32-23-28-27-18-13-12-16-25(27)20-21-29(28)36-31(35)26-17-14-15-24(2)22-26/h12-18,20-23H,3-11,19H2,1-2H3,(H,33,34)/b32-23-. The van der Waals surface area contributed by atoms with Crippen molar-refractivity contribution >= 4 is 28.9 Å². The summed E-state index contributed by atoms with van der Waals surface area (Å²) in [6, 6.07) is 18.8. The fourth-order valence-electron chi connectivity index (χ4n) is 4.25. The Morgan fingerprint density at radius 2 is 1.58 bits per heavy atom. The number of aryl methyl sites for hydroxylation is 1. The topological polar surface area (TPSA) is 67.8 Å². The van der Waals surface area contributed by atoms with Crippen LogP contribution in [0.2, 0.25) is 0 Å². The maximum atomic E-state index is 12.8. The molecule has 0 fully saturated rings. The number of ether oxygens (including phenoxy) is 1. The Morgan fingerprint density at radius 1 is 0.861 bits per heavy atom. The SMILES string of the molecule is CCCCCCCCCCCC(=O)N/N=C\c1c(OC(=O)c2cccc(C)c2)ccc2ccccc12. The van der Waals surface area contributed by atoms with Gasteiger partial charge in [-0.1, -0.05) is 106 Å². The summed E-state index contributed by atoms with van der Waals surface area (Å²) in [5.74, 6) is -0.136. The second-order valence-corrected chi connectivity index (χ2v) is 9.33. The van der Waals surface area contributed by atoms with Gasteiger partial charge < -0.3 is 4.74 Å². The summed E-state index contributed by atoms with van der Waals surface area (Å²) in [6.45, 7) is 4.17. The van der Waals surface area contributed by atoms with Crippen LogP contribution in [0.25, 0.3) is 10.8 Å². The number of amides is 1. The van der Waals surface area contributed by atoms with Crippen LogP contribution < -0.4 is 10.2 Å². The van der Waals surface area contributed by atoms with Gasteiger partial charge in [0.2, 0.25) is 5.91 Å². The molecule has 5 heteroatoms. The van der Waals surface area contributed by atoms with Crippen LogP contribution in [0.3, 0.4) is 0 Å². The first-order valence-electron chi connectivity index (χ1n) is 13.2. The Bertz CT molecular complexity index is 1170. The molecule has 3 aromatic carbocycles. The Hall–Kier alpha value is -3.47. The smallest absolute Gasteiger partial charge is 0.343 e. The van der Waals surface area contributed by atoms with Crippen molar-refractivity contribution in [1.29, 1.82) is 0 Å². The molecule has 0 atom stereocenters. The van der Waals surface area contributed by atoms with Crippen molar-refractivity contribution in [3.05, 3.63) is 77.4 Å². The fourth-order valence-corrected chi connectivity index (χ4v) is 4.25. The predicted octanol–water partition coefficient (Wildman–Crippen LogP) is 7.74. The number of hydrogen-bond donors (Lipinski definition) is 1. The fraction of sp³-hybridized carbons (Fsp3) is 0.387. The summed E-state index contributed by atoms with van der Waals surface area (Å²) in [5, 5.41) is 6.08. The van der Waals surface area contributed by atoms with Crippen LogP contribution in [0.15, 0.2) is 65.8 Å². The van der Waals surface area contributed by atoms with Crippen LogP contribution in [0, 0.1) is 6.92 Å². The van der Waals surface area contributed by atoms with E-state index in [1.807, 2.05) is 49.4 Å². The molecular formula is C31H38N2O3. The normalized spacial score (nSPS) is 11.2. The number of rotatable bonds is 14. The van der Waals surface area contributed by atoms with Crippen LogP contribution in [0.4, 0.5) is 0 Å². The molecule has 0 aromatic heterocycles. The molecule has 0 heterocycles. The third kappa shape index (κ3) is 8.63. The molecule has 0 aliphatic carbocycles. The summed E-state index contributed by atoms with van der Waals surface area (Å²) in [4.78, 5) is 25.0. The first-order valence-corrected chi connectivity index (χ1v) is 13.2. The van der Waals surface area contributed by atoms with Crippen molar-refractivity contribution in [2.24, 2.45) is 5.10 Å². The van der Waals surface area contributed by atoms with Crippen molar-refractivity contribution in [2.45, 2.75) is 78.1 Å². The molecule has 36 heavy (non-hydrogen) atoms. The minimum Gasteiger partial charge on any atom is -0.422 e. The second kappa shape index (κ2) is 14.8. The van der Waals surface area contributed by atoms with E-state index in [0.29, 0.717) is 23.3 Å². The van der Waals surface area contributed by atoms with E-state index >= 15 is 0 Å². The quantitative estimate of drug-likeness (QED) is 0.0833. The lowest BCUT2D eigenvalue weighted by Gasteiger charge is -2.11. The van der Waals surface area contributed by atoms with Gasteiger partial charge >= 0.3 is 5.97 Å². The largest absolute Gasteiger partial charge is 0.422 e. The van der Waals surface area contributed by atoms with E-state index in [0.717, 1.165) is 29.2 Å². The zero-order chi connectivity index (χ0) is 25.6. The highest BCUT2D eigenvalue weighted by molar-refractivity contribution is 6.04. The first-order chi connectivity index (χ1) is 17.6. The van der Waals surface area contributed by atoms with Gasteiger partial charge in [-0.25, -0.2) is 10.2 Å². The molecule has 0 spiro atoms. The predicted molar refractivity (Wildman–Crippen MR) is 148 cm³/mol. The highest BCUT2D eigenvalue weighted by atomic mass is 16.5. The van der Waals surface area contributed by atoms with Gasteiger partial charge in [0.05, 0.1) is 11.8 Å². The van der Waals surface area contributed by atoms with Crippen LogP contribution in [-0.4, -0.2) is 18.1 Å². The minimum atomic E-state index is -0.432. The third-order valence-corrected chi connectivity index (χ3v) is 6.28. The lowest BCUT2D eigenvalue weighted by atomic mass is 10.0. The molecule has 0 saturated heterocycles. The van der Waals surface area contributed by atoms with Crippen LogP contribution in [0.5, 0.6) is 5.75 Å². The highest BCUT2D eigenvalue weighted by Crippen LogP contribution is 2.27. The van der Waals surface area contributed by atoms with E-state index in [2.05, 4.69) is 17.5 Å². The number of carbonyl (C=O) groups is 2. The van der Waals surface area contributed by atoms with Crippen molar-refractivity contribution in [3.63, 3.8) is 0 Å². The molecule has 0 bridgehead atoms. The molecule has 0 unspecified atom stereocenters. The highest BCUT2D eigenvalue weighted by Gasteiger charge is 2.14. The van der Waals surface area contributed by atoms with E-state index in [4.69, 9.17) is 4.74 Å². The van der Waals surface area contributed by atoms with Gasteiger partial charge in [-0.15, -0.1) is 0 Å². The van der Waals surface area contributed by atoms with Gasteiger partial charge in [0.25, 0.3) is 0 Å². The Balaban J connectivity index is 1.56. The lowest BCUT2D eigenvalue weighted by Crippen LogP contribution is -2.17. The van der Waals surface area contributed by atoms with E-state index < -0.39 is 5.97 Å². The molecule has 0 radical (unpaired) electrons. The molecule has 1 N–H and O–H groups in total. The minimum absolute atomic E-state index is 0.104.